The number of nitrogens with zero attached hydrogens (tertiary/aromatic N) is 1. The molecule has 0 saturated carbocycles. The van der Waals surface area contributed by atoms with Crippen LogP contribution in [0.4, 0.5) is 0 Å². The number of amides is 1. The van der Waals surface area contributed by atoms with Crippen molar-refractivity contribution in [1.82, 2.24) is 15.3 Å². The molecule has 1 amide bonds. The summed E-state index contributed by atoms with van der Waals surface area (Å²) in [4.78, 5) is 19.8. The van der Waals surface area contributed by atoms with E-state index in [9.17, 15) is 4.79 Å². The molecule has 2 aromatic carbocycles. The Labute approximate surface area is 171 Å². The van der Waals surface area contributed by atoms with Gasteiger partial charge in [-0.15, -0.1) is 0 Å². The average Bonchev–Trinajstić information content (AvgIpc) is 3.14. The highest BCUT2D eigenvalue weighted by atomic mass is 79.9. The van der Waals surface area contributed by atoms with E-state index in [1.165, 1.54) is 0 Å². The second-order valence-corrected chi connectivity index (χ2v) is 7.42. The van der Waals surface area contributed by atoms with Crippen LogP contribution in [0.3, 0.4) is 0 Å². The summed E-state index contributed by atoms with van der Waals surface area (Å²) in [6.07, 6.45) is 4.02. The number of aryl methyl sites for hydroxylation is 1. The largest absolute Gasteiger partial charge is 0.482 e. The van der Waals surface area contributed by atoms with Crippen LogP contribution in [-0.2, 0) is 11.2 Å². The maximum atomic E-state index is 12.5. The molecule has 27 heavy (non-hydrogen) atoms. The maximum Gasteiger partial charge on any atom is 0.258 e. The lowest BCUT2D eigenvalue weighted by molar-refractivity contribution is -0.123. The van der Waals surface area contributed by atoms with Gasteiger partial charge < -0.3 is 15.0 Å². The number of hydrogen-bond acceptors (Lipinski definition) is 3. The fraction of sp³-hybridized carbons (Fsp3) is 0.200. The van der Waals surface area contributed by atoms with E-state index in [0.29, 0.717) is 17.2 Å². The maximum absolute atomic E-state index is 12.5. The van der Waals surface area contributed by atoms with Crippen molar-refractivity contribution in [3.05, 3.63) is 81.3 Å². The number of nitrogens with one attached hydrogen (secondary N) is 2. The molecule has 0 aliphatic carbocycles. The van der Waals surface area contributed by atoms with Crippen LogP contribution in [0.25, 0.3) is 0 Å². The summed E-state index contributed by atoms with van der Waals surface area (Å²) in [5, 5.41) is 3.48. The number of carbonyl (C=O) groups is 1. The summed E-state index contributed by atoms with van der Waals surface area (Å²) in [5.74, 6) is 1.09. The van der Waals surface area contributed by atoms with Crippen LogP contribution in [0, 0.1) is 6.92 Å². The van der Waals surface area contributed by atoms with Gasteiger partial charge in [0.2, 0.25) is 0 Å². The topological polar surface area (TPSA) is 67.0 Å². The van der Waals surface area contributed by atoms with E-state index in [-0.39, 0.29) is 18.6 Å². The minimum Gasteiger partial charge on any atom is -0.482 e. The first-order chi connectivity index (χ1) is 13.0. The highest BCUT2D eigenvalue weighted by Gasteiger charge is 2.17. The molecule has 0 spiro atoms. The van der Waals surface area contributed by atoms with Gasteiger partial charge in [0.05, 0.1) is 11.1 Å². The van der Waals surface area contributed by atoms with Gasteiger partial charge in [-0.05, 0) is 30.2 Å². The number of H-pyrrole nitrogens is 1. The van der Waals surface area contributed by atoms with Crippen LogP contribution in [0.5, 0.6) is 5.75 Å². The predicted octanol–water partition coefficient (Wildman–Crippen LogP) is 4.61. The van der Waals surface area contributed by atoms with Crippen LogP contribution >= 0.6 is 27.5 Å². The second kappa shape index (κ2) is 9.06. The third kappa shape index (κ3) is 5.34. The normalized spacial score (nSPS) is 11.8. The number of halogens is 2. The molecular weight excluding hydrogens is 430 g/mol. The van der Waals surface area contributed by atoms with E-state index in [1.807, 2.05) is 43.3 Å². The molecule has 0 radical (unpaired) electrons. The lowest BCUT2D eigenvalue weighted by Gasteiger charge is -2.19. The van der Waals surface area contributed by atoms with Gasteiger partial charge in [0.15, 0.2) is 6.61 Å². The third-order valence-corrected chi connectivity index (χ3v) is 4.77. The van der Waals surface area contributed by atoms with Crippen LogP contribution in [-0.4, -0.2) is 22.5 Å². The summed E-state index contributed by atoms with van der Waals surface area (Å²) in [6, 6.07) is 13.2. The molecule has 1 aromatic heterocycles. The number of carbonyl (C=O) groups excluding carboxylic acids is 1. The fourth-order valence-corrected chi connectivity index (χ4v) is 3.81. The van der Waals surface area contributed by atoms with Crippen LogP contribution in [0.1, 0.15) is 23.0 Å². The Morgan fingerprint density at radius 2 is 2.11 bits per heavy atom. The number of rotatable bonds is 7. The summed E-state index contributed by atoms with van der Waals surface area (Å²) >= 11 is 9.60. The van der Waals surface area contributed by atoms with Gasteiger partial charge in [-0.2, -0.15) is 0 Å². The molecule has 2 N–H and O–H groups in total. The van der Waals surface area contributed by atoms with Crippen molar-refractivity contribution >= 4 is 33.4 Å². The van der Waals surface area contributed by atoms with Gasteiger partial charge in [-0.25, -0.2) is 4.98 Å². The molecule has 0 aliphatic heterocycles. The van der Waals surface area contributed by atoms with Crippen LogP contribution in [0.15, 0.2) is 59.3 Å². The standard InChI is InChI=1S/C20H19BrClN3O2/c1-13-9-15(21)10-16(22)20(13)27-12-19(26)25-17(11-18-23-7-8-24-18)14-5-3-2-4-6-14/h2-10,17H,11-12H2,1H3,(H,23,24)(H,25,26)/t17-/m0/s1. The highest BCUT2D eigenvalue weighted by Crippen LogP contribution is 2.32. The van der Waals surface area contributed by atoms with Crippen molar-refractivity contribution in [2.24, 2.45) is 0 Å². The van der Waals surface area contributed by atoms with Crippen molar-refractivity contribution in [2.45, 2.75) is 19.4 Å². The minimum atomic E-state index is -0.228. The summed E-state index contributed by atoms with van der Waals surface area (Å²) in [7, 11) is 0. The van der Waals surface area contributed by atoms with E-state index in [2.05, 4.69) is 31.2 Å². The summed E-state index contributed by atoms with van der Waals surface area (Å²) in [6.45, 7) is 1.76. The Kier molecular flexibility index (Phi) is 6.53. The Morgan fingerprint density at radius 1 is 1.33 bits per heavy atom. The molecule has 0 aliphatic rings. The fourth-order valence-electron chi connectivity index (χ4n) is 2.79. The number of aromatic nitrogens is 2. The highest BCUT2D eigenvalue weighted by molar-refractivity contribution is 9.10. The molecule has 1 heterocycles. The number of aromatic amines is 1. The lowest BCUT2D eigenvalue weighted by Crippen LogP contribution is -2.34. The first-order valence-electron chi connectivity index (χ1n) is 8.44. The quantitative estimate of drug-likeness (QED) is 0.554. The predicted molar refractivity (Wildman–Crippen MR) is 109 cm³/mol. The van der Waals surface area contributed by atoms with E-state index in [0.717, 1.165) is 21.4 Å². The molecule has 3 aromatic rings. The zero-order chi connectivity index (χ0) is 19.2. The van der Waals surface area contributed by atoms with E-state index >= 15 is 0 Å². The molecule has 1 atom stereocenters. The molecule has 5 nitrogen and oxygen atoms in total. The molecule has 0 unspecified atom stereocenters. The van der Waals surface area contributed by atoms with Gasteiger partial charge in [0.1, 0.15) is 11.6 Å². The first kappa shape index (κ1) is 19.5. The Balaban J connectivity index is 1.68. The number of hydrogen-bond donors (Lipinski definition) is 2. The SMILES string of the molecule is Cc1cc(Br)cc(Cl)c1OCC(=O)N[C@@H](Cc1ncc[nH]1)c1ccccc1. The molecule has 3 rings (SSSR count). The smallest absolute Gasteiger partial charge is 0.258 e. The Bertz CT molecular complexity index is 878. The lowest BCUT2D eigenvalue weighted by atomic mass is 10.0. The van der Waals surface area contributed by atoms with Crippen molar-refractivity contribution in [3.8, 4) is 5.75 Å². The minimum absolute atomic E-state index is 0.121. The second-order valence-electron chi connectivity index (χ2n) is 6.09. The Hall–Kier alpha value is -2.31. The van der Waals surface area contributed by atoms with E-state index < -0.39 is 0 Å². The average molecular weight is 449 g/mol. The van der Waals surface area contributed by atoms with E-state index in [1.54, 1.807) is 18.5 Å². The summed E-state index contributed by atoms with van der Waals surface area (Å²) < 4.78 is 6.53. The van der Waals surface area contributed by atoms with Crippen molar-refractivity contribution < 1.29 is 9.53 Å². The monoisotopic (exact) mass is 447 g/mol. The first-order valence-corrected chi connectivity index (χ1v) is 9.61. The molecule has 140 valence electrons. The number of benzene rings is 2. The number of imidazole rings is 1. The zero-order valence-electron chi connectivity index (χ0n) is 14.7. The number of ether oxygens (including phenoxy) is 1. The van der Waals surface area contributed by atoms with Crippen LogP contribution < -0.4 is 10.1 Å². The van der Waals surface area contributed by atoms with Gasteiger partial charge >= 0.3 is 0 Å². The molecular formula is C20H19BrClN3O2. The van der Waals surface area contributed by atoms with Crippen molar-refractivity contribution in [2.75, 3.05) is 6.61 Å². The molecule has 7 heteroatoms. The van der Waals surface area contributed by atoms with Gasteiger partial charge in [0.25, 0.3) is 5.91 Å². The van der Waals surface area contributed by atoms with Crippen molar-refractivity contribution in [1.29, 1.82) is 0 Å². The molecule has 0 fully saturated rings. The zero-order valence-corrected chi connectivity index (χ0v) is 17.0. The van der Waals surface area contributed by atoms with Gasteiger partial charge in [0, 0.05) is 23.3 Å². The van der Waals surface area contributed by atoms with Crippen molar-refractivity contribution in [3.63, 3.8) is 0 Å². The summed E-state index contributed by atoms with van der Waals surface area (Å²) in [5.41, 5.74) is 1.86. The molecule has 0 saturated heterocycles. The molecule has 0 bridgehead atoms. The van der Waals surface area contributed by atoms with Crippen LogP contribution in [0.2, 0.25) is 5.02 Å². The van der Waals surface area contributed by atoms with Gasteiger partial charge in [-0.1, -0.05) is 57.9 Å². The Morgan fingerprint density at radius 3 is 2.78 bits per heavy atom. The van der Waals surface area contributed by atoms with Gasteiger partial charge in [-0.3, -0.25) is 4.79 Å². The third-order valence-electron chi connectivity index (χ3n) is 4.03. The van der Waals surface area contributed by atoms with E-state index in [4.69, 9.17) is 16.3 Å².